The third-order valence-corrected chi connectivity index (χ3v) is 4.29. The van der Waals surface area contributed by atoms with Crippen molar-refractivity contribution in [3.05, 3.63) is 88.5 Å². The highest BCUT2D eigenvalue weighted by Crippen LogP contribution is 2.26. The summed E-state index contributed by atoms with van der Waals surface area (Å²) in [5, 5.41) is 29.3. The molecule has 0 unspecified atom stereocenters. The van der Waals surface area contributed by atoms with Crippen molar-refractivity contribution >= 4 is 23.0 Å². The fourth-order valence-electron chi connectivity index (χ4n) is 2.64. The third-order valence-electron chi connectivity index (χ3n) is 4.29. The number of rotatable bonds is 4. The molecule has 6 nitrogen and oxygen atoms in total. The summed E-state index contributed by atoms with van der Waals surface area (Å²) in [5.41, 5.74) is 4.85. The van der Waals surface area contributed by atoms with Crippen LogP contribution in [0, 0.1) is 36.5 Å². The van der Waals surface area contributed by atoms with Gasteiger partial charge < -0.3 is 5.32 Å². The summed E-state index contributed by atoms with van der Waals surface area (Å²) in [7, 11) is 0. The summed E-state index contributed by atoms with van der Waals surface area (Å²) < 4.78 is 0. The molecular formula is C23H17N5O. The van der Waals surface area contributed by atoms with Crippen molar-refractivity contribution in [1.29, 1.82) is 10.5 Å². The number of carbonyl (C=O) groups excluding carboxylic acids is 1. The number of amides is 1. The Morgan fingerprint density at radius 2 is 1.66 bits per heavy atom. The topological polar surface area (TPSA) is 101 Å². The highest BCUT2D eigenvalue weighted by molar-refractivity contribution is 6.04. The first-order chi connectivity index (χ1) is 14.0. The maximum absolute atomic E-state index is 12.4. The second-order valence-electron chi connectivity index (χ2n) is 6.47. The number of carbonyl (C=O) groups is 1. The van der Waals surface area contributed by atoms with Crippen molar-refractivity contribution in [1.82, 2.24) is 0 Å². The predicted octanol–water partition coefficient (Wildman–Crippen LogP) is 5.71. The van der Waals surface area contributed by atoms with Gasteiger partial charge in [-0.15, -0.1) is 5.11 Å². The first-order valence-corrected chi connectivity index (χ1v) is 8.85. The Balaban J connectivity index is 1.77. The predicted molar refractivity (Wildman–Crippen MR) is 110 cm³/mol. The smallest absolute Gasteiger partial charge is 0.255 e. The van der Waals surface area contributed by atoms with Crippen molar-refractivity contribution in [2.24, 2.45) is 10.2 Å². The molecule has 6 heteroatoms. The van der Waals surface area contributed by atoms with E-state index in [9.17, 15) is 10.1 Å². The first kappa shape index (κ1) is 19.5. The molecule has 0 aliphatic carbocycles. The molecular weight excluding hydrogens is 362 g/mol. The van der Waals surface area contributed by atoms with E-state index in [-0.39, 0.29) is 11.5 Å². The van der Waals surface area contributed by atoms with E-state index >= 15 is 0 Å². The zero-order chi connectivity index (χ0) is 20.8. The van der Waals surface area contributed by atoms with Crippen LogP contribution in [-0.2, 0) is 0 Å². The van der Waals surface area contributed by atoms with Crippen LogP contribution in [0.2, 0.25) is 0 Å². The van der Waals surface area contributed by atoms with E-state index in [1.807, 2.05) is 38.1 Å². The summed E-state index contributed by atoms with van der Waals surface area (Å²) in [5.74, 6) is -0.182. The molecule has 29 heavy (non-hydrogen) atoms. The number of nitrogens with zero attached hydrogens (tertiary/aromatic N) is 4. The van der Waals surface area contributed by atoms with Crippen LogP contribution < -0.4 is 5.32 Å². The molecule has 0 aliphatic rings. The minimum atomic E-state index is -0.182. The van der Waals surface area contributed by atoms with Gasteiger partial charge in [0.05, 0.1) is 22.9 Å². The van der Waals surface area contributed by atoms with Crippen LogP contribution in [-0.4, -0.2) is 5.91 Å². The Bertz CT molecular complexity index is 1180. The van der Waals surface area contributed by atoms with Crippen molar-refractivity contribution < 1.29 is 4.79 Å². The van der Waals surface area contributed by atoms with Gasteiger partial charge in [0.15, 0.2) is 0 Å². The van der Waals surface area contributed by atoms with Crippen LogP contribution in [0.15, 0.2) is 70.9 Å². The lowest BCUT2D eigenvalue weighted by Gasteiger charge is -2.09. The van der Waals surface area contributed by atoms with E-state index in [4.69, 9.17) is 5.26 Å². The Morgan fingerprint density at radius 1 is 0.897 bits per heavy atom. The first-order valence-electron chi connectivity index (χ1n) is 8.85. The molecule has 0 heterocycles. The Hall–Kier alpha value is -4.29. The number of nitriles is 2. The maximum atomic E-state index is 12.4. The number of nitrogens with one attached hydrogen (secondary N) is 1. The fourth-order valence-corrected chi connectivity index (χ4v) is 2.64. The van der Waals surface area contributed by atoms with Gasteiger partial charge in [0, 0.05) is 11.3 Å². The summed E-state index contributed by atoms with van der Waals surface area (Å²) in [4.78, 5) is 12.4. The molecule has 1 amide bonds. The monoisotopic (exact) mass is 379 g/mol. The van der Waals surface area contributed by atoms with Gasteiger partial charge in [-0.3, -0.25) is 4.79 Å². The van der Waals surface area contributed by atoms with Crippen molar-refractivity contribution in [3.8, 4) is 12.1 Å². The van der Waals surface area contributed by atoms with Gasteiger partial charge in [0.1, 0.15) is 11.8 Å². The largest absolute Gasteiger partial charge is 0.322 e. The molecule has 3 rings (SSSR count). The van der Waals surface area contributed by atoms with Crippen LogP contribution in [0.5, 0.6) is 0 Å². The van der Waals surface area contributed by atoms with E-state index in [0.29, 0.717) is 28.2 Å². The second kappa shape index (κ2) is 8.60. The van der Waals surface area contributed by atoms with Crippen LogP contribution >= 0.6 is 0 Å². The van der Waals surface area contributed by atoms with E-state index in [0.717, 1.165) is 11.1 Å². The average Bonchev–Trinajstić information content (AvgIpc) is 2.74. The highest BCUT2D eigenvalue weighted by Gasteiger charge is 2.08. The molecule has 0 saturated carbocycles. The minimum absolute atomic E-state index is 0.182. The number of aryl methyl sites for hydroxylation is 2. The third kappa shape index (κ3) is 4.71. The molecule has 0 atom stereocenters. The van der Waals surface area contributed by atoms with Gasteiger partial charge in [-0.25, -0.2) is 0 Å². The Kier molecular flexibility index (Phi) is 5.77. The van der Waals surface area contributed by atoms with E-state index in [1.165, 1.54) is 6.07 Å². The van der Waals surface area contributed by atoms with Gasteiger partial charge in [0.2, 0.25) is 0 Å². The van der Waals surface area contributed by atoms with Crippen LogP contribution in [0.1, 0.15) is 32.6 Å². The Labute approximate surface area is 168 Å². The SMILES string of the molecule is Cc1ccc(C(=O)Nc2ccc(N=Nc3ccc(C#N)cc3C#N)cc2C)cc1. The van der Waals surface area contributed by atoms with E-state index in [1.54, 1.807) is 42.5 Å². The fraction of sp³-hybridized carbons (Fsp3) is 0.0870. The van der Waals surface area contributed by atoms with Crippen molar-refractivity contribution in [2.75, 3.05) is 5.32 Å². The van der Waals surface area contributed by atoms with Gasteiger partial charge in [0.25, 0.3) is 5.91 Å². The number of hydrogen-bond donors (Lipinski definition) is 1. The molecule has 0 aromatic heterocycles. The number of azo groups is 1. The van der Waals surface area contributed by atoms with Gasteiger partial charge in [-0.1, -0.05) is 17.7 Å². The highest BCUT2D eigenvalue weighted by atomic mass is 16.1. The summed E-state index contributed by atoms with van der Waals surface area (Å²) in [6.07, 6.45) is 0. The molecule has 140 valence electrons. The second-order valence-corrected chi connectivity index (χ2v) is 6.47. The quantitative estimate of drug-likeness (QED) is 0.587. The van der Waals surface area contributed by atoms with E-state index in [2.05, 4.69) is 15.5 Å². The van der Waals surface area contributed by atoms with Crippen LogP contribution in [0.4, 0.5) is 17.1 Å². The molecule has 0 saturated heterocycles. The lowest BCUT2D eigenvalue weighted by atomic mass is 10.1. The molecule has 0 radical (unpaired) electrons. The zero-order valence-electron chi connectivity index (χ0n) is 16.0. The number of benzene rings is 3. The molecule has 3 aromatic rings. The molecule has 0 bridgehead atoms. The van der Waals surface area contributed by atoms with Gasteiger partial charge in [-0.05, 0) is 67.9 Å². The maximum Gasteiger partial charge on any atom is 0.255 e. The van der Waals surface area contributed by atoms with Gasteiger partial charge in [-0.2, -0.15) is 15.6 Å². The molecule has 3 aromatic carbocycles. The van der Waals surface area contributed by atoms with E-state index < -0.39 is 0 Å². The molecule has 1 N–H and O–H groups in total. The van der Waals surface area contributed by atoms with Crippen molar-refractivity contribution in [3.63, 3.8) is 0 Å². The summed E-state index contributed by atoms with van der Waals surface area (Å²) >= 11 is 0. The number of anilines is 1. The van der Waals surface area contributed by atoms with Gasteiger partial charge >= 0.3 is 0 Å². The van der Waals surface area contributed by atoms with Crippen molar-refractivity contribution in [2.45, 2.75) is 13.8 Å². The standard InChI is InChI=1S/C23H17N5O/c1-15-3-6-18(7-4-15)23(29)26-21-10-8-20(11-16(21)2)27-28-22-9-5-17(13-24)12-19(22)14-25/h3-12H,1-2H3,(H,26,29). The zero-order valence-corrected chi connectivity index (χ0v) is 16.0. The molecule has 0 aliphatic heterocycles. The minimum Gasteiger partial charge on any atom is -0.322 e. The summed E-state index contributed by atoms with van der Waals surface area (Å²) in [6, 6.07) is 21.3. The molecule has 0 spiro atoms. The number of hydrogen-bond acceptors (Lipinski definition) is 5. The molecule has 0 fully saturated rings. The Morgan fingerprint density at radius 3 is 2.31 bits per heavy atom. The lowest BCUT2D eigenvalue weighted by molar-refractivity contribution is 0.102. The normalized spacial score (nSPS) is 10.3. The average molecular weight is 379 g/mol. The summed E-state index contributed by atoms with van der Waals surface area (Å²) in [6.45, 7) is 3.84. The van der Waals surface area contributed by atoms with Crippen LogP contribution in [0.25, 0.3) is 0 Å². The lowest BCUT2D eigenvalue weighted by Crippen LogP contribution is -2.12. The van der Waals surface area contributed by atoms with Crippen LogP contribution in [0.3, 0.4) is 0 Å².